The predicted octanol–water partition coefficient (Wildman–Crippen LogP) is 5.45. The molecule has 0 spiro atoms. The molecule has 0 saturated heterocycles. The zero-order valence-corrected chi connectivity index (χ0v) is 10.9. The zero-order valence-electron chi connectivity index (χ0n) is 10.9. The standard InChI is InChI=1S/C19H14/c1-13-5-4-8-17-15(13)11-12-18-16-7-3-2-6-14(16)9-10-19(17)18/h2-12H,1H3. The number of hydrogen-bond donors (Lipinski definition) is 0. The van der Waals surface area contributed by atoms with Crippen LogP contribution in [0.5, 0.6) is 0 Å². The van der Waals surface area contributed by atoms with Gasteiger partial charge >= 0.3 is 0 Å². The molecule has 0 radical (unpaired) electrons. The fourth-order valence-electron chi connectivity index (χ4n) is 3.01. The van der Waals surface area contributed by atoms with E-state index in [0.29, 0.717) is 0 Å². The molecular formula is C19H14. The van der Waals surface area contributed by atoms with Crippen LogP contribution >= 0.6 is 0 Å². The first kappa shape index (κ1) is 10.6. The van der Waals surface area contributed by atoms with Gasteiger partial charge in [-0.3, -0.25) is 0 Å². The van der Waals surface area contributed by atoms with Crippen LogP contribution in [-0.4, -0.2) is 0 Å². The van der Waals surface area contributed by atoms with E-state index in [1.807, 2.05) is 0 Å². The van der Waals surface area contributed by atoms with Crippen molar-refractivity contribution in [3.05, 3.63) is 72.3 Å². The molecule has 4 aromatic carbocycles. The molecule has 0 nitrogen and oxygen atoms in total. The SMILES string of the molecule is Cc1cccc2c1ccc1c3ccccc3ccc21. The van der Waals surface area contributed by atoms with Crippen LogP contribution in [0.2, 0.25) is 0 Å². The third-order valence-corrected chi connectivity index (χ3v) is 4.00. The van der Waals surface area contributed by atoms with Crippen LogP contribution in [0.1, 0.15) is 5.56 Å². The lowest BCUT2D eigenvalue weighted by atomic mass is 9.95. The van der Waals surface area contributed by atoms with Crippen molar-refractivity contribution >= 4 is 32.3 Å². The van der Waals surface area contributed by atoms with Crippen molar-refractivity contribution in [3.63, 3.8) is 0 Å². The fraction of sp³-hybridized carbons (Fsp3) is 0.0526. The number of fused-ring (bicyclic) bond motifs is 5. The topological polar surface area (TPSA) is 0 Å². The molecule has 0 atom stereocenters. The van der Waals surface area contributed by atoms with Gasteiger partial charge in [-0.25, -0.2) is 0 Å². The van der Waals surface area contributed by atoms with Gasteiger partial charge in [-0.2, -0.15) is 0 Å². The van der Waals surface area contributed by atoms with Gasteiger partial charge in [-0.15, -0.1) is 0 Å². The van der Waals surface area contributed by atoms with Crippen LogP contribution in [-0.2, 0) is 0 Å². The van der Waals surface area contributed by atoms with E-state index >= 15 is 0 Å². The van der Waals surface area contributed by atoms with Gasteiger partial charge in [-0.05, 0) is 44.8 Å². The average molecular weight is 242 g/mol. The summed E-state index contributed by atoms with van der Waals surface area (Å²) in [5.74, 6) is 0. The minimum absolute atomic E-state index is 1.31. The Hall–Kier alpha value is -2.34. The second-order valence-electron chi connectivity index (χ2n) is 5.12. The van der Waals surface area contributed by atoms with Crippen LogP contribution in [0.25, 0.3) is 32.3 Å². The maximum atomic E-state index is 2.26. The van der Waals surface area contributed by atoms with Crippen molar-refractivity contribution in [2.45, 2.75) is 6.92 Å². The maximum absolute atomic E-state index is 2.26. The molecule has 4 aromatic rings. The van der Waals surface area contributed by atoms with Crippen LogP contribution < -0.4 is 0 Å². The lowest BCUT2D eigenvalue weighted by Crippen LogP contribution is -1.82. The monoisotopic (exact) mass is 242 g/mol. The van der Waals surface area contributed by atoms with Crippen molar-refractivity contribution in [3.8, 4) is 0 Å². The summed E-state index contributed by atoms with van der Waals surface area (Å²) in [7, 11) is 0. The summed E-state index contributed by atoms with van der Waals surface area (Å²) >= 11 is 0. The molecule has 0 aliphatic carbocycles. The van der Waals surface area contributed by atoms with Gasteiger partial charge in [0.05, 0.1) is 0 Å². The Morgan fingerprint density at radius 3 is 2.05 bits per heavy atom. The smallest absolute Gasteiger partial charge is 0.00989 e. The van der Waals surface area contributed by atoms with Gasteiger partial charge in [0, 0.05) is 0 Å². The molecule has 90 valence electrons. The number of hydrogen-bond acceptors (Lipinski definition) is 0. The van der Waals surface area contributed by atoms with E-state index in [2.05, 4.69) is 73.7 Å². The highest BCUT2D eigenvalue weighted by atomic mass is 14.1. The fourth-order valence-corrected chi connectivity index (χ4v) is 3.01. The Morgan fingerprint density at radius 2 is 1.11 bits per heavy atom. The summed E-state index contributed by atoms with van der Waals surface area (Å²) in [6.45, 7) is 2.18. The van der Waals surface area contributed by atoms with Gasteiger partial charge in [0.25, 0.3) is 0 Å². The zero-order chi connectivity index (χ0) is 12.8. The van der Waals surface area contributed by atoms with Crippen molar-refractivity contribution in [1.82, 2.24) is 0 Å². The molecule has 0 aliphatic rings. The van der Waals surface area contributed by atoms with Crippen molar-refractivity contribution in [1.29, 1.82) is 0 Å². The molecule has 0 unspecified atom stereocenters. The molecule has 0 N–H and O–H groups in total. The molecule has 0 saturated carbocycles. The van der Waals surface area contributed by atoms with Gasteiger partial charge in [-0.1, -0.05) is 66.7 Å². The first-order valence-electron chi connectivity index (χ1n) is 6.64. The molecule has 19 heavy (non-hydrogen) atoms. The second kappa shape index (κ2) is 3.83. The molecular weight excluding hydrogens is 228 g/mol. The van der Waals surface area contributed by atoms with Gasteiger partial charge in [0.1, 0.15) is 0 Å². The summed E-state index contributed by atoms with van der Waals surface area (Å²) in [4.78, 5) is 0. The Balaban J connectivity index is 2.29. The van der Waals surface area contributed by atoms with E-state index in [-0.39, 0.29) is 0 Å². The largest absolute Gasteiger partial charge is 0.0616 e. The third kappa shape index (κ3) is 1.47. The van der Waals surface area contributed by atoms with Crippen molar-refractivity contribution in [2.75, 3.05) is 0 Å². The van der Waals surface area contributed by atoms with E-state index in [9.17, 15) is 0 Å². The Labute approximate surface area is 112 Å². The first-order chi connectivity index (χ1) is 9.34. The molecule has 0 fully saturated rings. The maximum Gasteiger partial charge on any atom is -0.00989 e. The number of rotatable bonds is 0. The molecule has 4 rings (SSSR count). The number of aryl methyl sites for hydroxylation is 1. The minimum atomic E-state index is 1.31. The second-order valence-corrected chi connectivity index (χ2v) is 5.12. The Kier molecular flexibility index (Phi) is 2.13. The molecule has 0 heteroatoms. The normalized spacial score (nSPS) is 11.4. The summed E-state index contributed by atoms with van der Waals surface area (Å²) in [5.41, 5.74) is 1.34. The lowest BCUT2D eigenvalue weighted by Gasteiger charge is -2.08. The van der Waals surface area contributed by atoms with Gasteiger partial charge in [0.15, 0.2) is 0 Å². The highest BCUT2D eigenvalue weighted by molar-refractivity contribution is 6.17. The van der Waals surface area contributed by atoms with E-state index in [4.69, 9.17) is 0 Å². The summed E-state index contributed by atoms with van der Waals surface area (Å²) in [6.07, 6.45) is 0. The van der Waals surface area contributed by atoms with E-state index in [1.165, 1.54) is 37.9 Å². The van der Waals surface area contributed by atoms with E-state index < -0.39 is 0 Å². The first-order valence-corrected chi connectivity index (χ1v) is 6.64. The average Bonchev–Trinajstić information content (AvgIpc) is 2.47. The van der Waals surface area contributed by atoms with Crippen molar-refractivity contribution in [2.24, 2.45) is 0 Å². The Bertz CT molecular complexity index is 917. The van der Waals surface area contributed by atoms with Crippen LogP contribution in [0.4, 0.5) is 0 Å². The molecule has 0 amide bonds. The van der Waals surface area contributed by atoms with Crippen molar-refractivity contribution < 1.29 is 0 Å². The van der Waals surface area contributed by atoms with Crippen LogP contribution in [0, 0.1) is 6.92 Å². The summed E-state index contributed by atoms with van der Waals surface area (Å²) in [6, 6.07) is 24.1. The third-order valence-electron chi connectivity index (χ3n) is 4.00. The van der Waals surface area contributed by atoms with Crippen LogP contribution in [0.3, 0.4) is 0 Å². The highest BCUT2D eigenvalue weighted by Gasteiger charge is 2.04. The molecule has 0 bridgehead atoms. The van der Waals surface area contributed by atoms with E-state index in [0.717, 1.165) is 0 Å². The van der Waals surface area contributed by atoms with Crippen LogP contribution in [0.15, 0.2) is 66.7 Å². The molecule has 0 heterocycles. The predicted molar refractivity (Wildman–Crippen MR) is 83.7 cm³/mol. The summed E-state index contributed by atoms with van der Waals surface area (Å²) in [5, 5.41) is 8.04. The highest BCUT2D eigenvalue weighted by Crippen LogP contribution is 2.32. The van der Waals surface area contributed by atoms with E-state index in [1.54, 1.807) is 0 Å². The lowest BCUT2D eigenvalue weighted by molar-refractivity contribution is 1.54. The summed E-state index contributed by atoms with van der Waals surface area (Å²) < 4.78 is 0. The quantitative estimate of drug-likeness (QED) is 0.359. The van der Waals surface area contributed by atoms with Gasteiger partial charge in [0.2, 0.25) is 0 Å². The molecule has 0 aromatic heterocycles. The Morgan fingerprint density at radius 1 is 0.474 bits per heavy atom. The minimum Gasteiger partial charge on any atom is -0.0616 e. The van der Waals surface area contributed by atoms with Gasteiger partial charge < -0.3 is 0 Å². The number of benzene rings is 4. The molecule has 0 aliphatic heterocycles.